The quantitative estimate of drug-likeness (QED) is 0.340. The van der Waals surface area contributed by atoms with Gasteiger partial charge in [-0.1, -0.05) is 29.8 Å². The molecule has 0 radical (unpaired) electrons. The molecule has 1 aliphatic rings. The molecule has 12 heteroatoms. The van der Waals surface area contributed by atoms with Crippen LogP contribution in [0.2, 0.25) is 5.02 Å². The Labute approximate surface area is 220 Å². The van der Waals surface area contributed by atoms with Crippen LogP contribution in [0.25, 0.3) is 11.1 Å². The summed E-state index contributed by atoms with van der Waals surface area (Å²) < 4.78 is 62.6. The van der Waals surface area contributed by atoms with E-state index in [1.165, 1.54) is 32.9 Å². The van der Waals surface area contributed by atoms with Gasteiger partial charge in [0.1, 0.15) is 16.2 Å². The maximum absolute atomic E-state index is 13.8. The minimum Gasteiger partial charge on any atom is -0.441 e. The summed E-state index contributed by atoms with van der Waals surface area (Å²) >= 11 is 6.28. The number of halogens is 1. The van der Waals surface area contributed by atoms with E-state index in [0.29, 0.717) is 22.7 Å². The van der Waals surface area contributed by atoms with E-state index >= 15 is 0 Å². The topological polar surface area (TPSA) is 114 Å². The Kier molecular flexibility index (Phi) is 6.73. The molecule has 0 unspecified atom stereocenters. The summed E-state index contributed by atoms with van der Waals surface area (Å²) in [4.78, 5) is 8.77. The lowest BCUT2D eigenvalue weighted by atomic mass is 10.1. The molecule has 0 atom stereocenters. The number of anilines is 1. The number of fused-ring (bicyclic) bond motifs is 1. The maximum atomic E-state index is 13.8. The Morgan fingerprint density at radius 3 is 2.38 bits per heavy atom. The molecule has 4 aromatic rings. The van der Waals surface area contributed by atoms with Crippen LogP contribution in [0.5, 0.6) is 0 Å². The number of nitrogens with zero attached hydrogens (tertiary/aromatic N) is 4. The molecule has 1 fully saturated rings. The lowest BCUT2D eigenvalue weighted by molar-refractivity contribution is 0.320. The average molecular weight is 561 g/mol. The van der Waals surface area contributed by atoms with E-state index in [9.17, 15) is 16.8 Å². The van der Waals surface area contributed by atoms with Gasteiger partial charge in [-0.3, -0.25) is 0 Å². The standard InChI is InChI=1S/C25H25ClN4O5S2/c1-17-6-5-9-25(27-17)30(37(33,34)24-8-4-3-7-21(24)26)19-12-14-29(15-13-19)36(31,32)20-10-11-22-23(16-20)35-18(2)28-22/h3-11,16,19H,12-15H2,1-2H3. The van der Waals surface area contributed by atoms with Crippen molar-refractivity contribution in [3.8, 4) is 0 Å². The molecule has 0 aliphatic carbocycles. The summed E-state index contributed by atoms with van der Waals surface area (Å²) in [5.41, 5.74) is 1.65. The Morgan fingerprint density at radius 2 is 1.68 bits per heavy atom. The number of aromatic nitrogens is 2. The fourth-order valence-electron chi connectivity index (χ4n) is 4.56. The number of sulfonamides is 2. The number of piperidine rings is 1. The predicted molar refractivity (Wildman–Crippen MR) is 141 cm³/mol. The van der Waals surface area contributed by atoms with Crippen LogP contribution in [0.4, 0.5) is 5.82 Å². The lowest BCUT2D eigenvalue weighted by Gasteiger charge is -2.38. The van der Waals surface area contributed by atoms with Gasteiger partial charge in [-0.25, -0.2) is 31.1 Å². The summed E-state index contributed by atoms with van der Waals surface area (Å²) in [6.07, 6.45) is 0.560. The number of oxazole rings is 1. The van der Waals surface area contributed by atoms with Crippen LogP contribution in [-0.4, -0.2) is 50.2 Å². The second kappa shape index (κ2) is 9.71. The first kappa shape index (κ1) is 25.7. The Morgan fingerprint density at radius 1 is 0.946 bits per heavy atom. The van der Waals surface area contributed by atoms with Crippen molar-refractivity contribution < 1.29 is 21.3 Å². The highest BCUT2D eigenvalue weighted by Gasteiger charge is 2.38. The number of benzene rings is 2. The smallest absolute Gasteiger partial charge is 0.267 e. The second-order valence-electron chi connectivity index (χ2n) is 8.87. The number of hydrogen-bond acceptors (Lipinski definition) is 7. The van der Waals surface area contributed by atoms with Crippen molar-refractivity contribution in [2.75, 3.05) is 17.4 Å². The van der Waals surface area contributed by atoms with Gasteiger partial charge in [0.2, 0.25) is 10.0 Å². The first-order valence-electron chi connectivity index (χ1n) is 11.7. The van der Waals surface area contributed by atoms with Gasteiger partial charge in [0, 0.05) is 37.8 Å². The van der Waals surface area contributed by atoms with E-state index in [1.807, 2.05) is 0 Å². The van der Waals surface area contributed by atoms with Crippen LogP contribution < -0.4 is 4.31 Å². The highest BCUT2D eigenvalue weighted by atomic mass is 35.5. The number of pyridine rings is 1. The predicted octanol–water partition coefficient (Wildman–Crippen LogP) is 4.54. The average Bonchev–Trinajstić information content (AvgIpc) is 3.24. The normalized spacial score (nSPS) is 15.8. The van der Waals surface area contributed by atoms with Crippen molar-refractivity contribution >= 4 is 48.6 Å². The molecular weight excluding hydrogens is 536 g/mol. The Bertz CT molecular complexity index is 1680. The third-order valence-corrected chi connectivity index (χ3v) is 10.6. The Hall–Kier alpha value is -2.99. The molecule has 0 N–H and O–H groups in total. The molecule has 1 aliphatic heterocycles. The monoisotopic (exact) mass is 560 g/mol. The van der Waals surface area contributed by atoms with E-state index in [1.54, 1.807) is 50.2 Å². The van der Waals surface area contributed by atoms with E-state index in [0.717, 1.165) is 0 Å². The largest absolute Gasteiger partial charge is 0.441 e. The highest BCUT2D eigenvalue weighted by Crippen LogP contribution is 2.33. The fourth-order valence-corrected chi connectivity index (χ4v) is 8.21. The third kappa shape index (κ3) is 4.84. The Balaban J connectivity index is 1.45. The van der Waals surface area contributed by atoms with Crippen molar-refractivity contribution in [1.82, 2.24) is 14.3 Å². The van der Waals surface area contributed by atoms with E-state index < -0.39 is 26.1 Å². The second-order valence-corrected chi connectivity index (χ2v) is 13.0. The zero-order valence-corrected chi connectivity index (χ0v) is 22.6. The van der Waals surface area contributed by atoms with Crippen LogP contribution in [0.15, 0.2) is 74.9 Å². The van der Waals surface area contributed by atoms with Gasteiger partial charge in [0.25, 0.3) is 10.0 Å². The SMILES string of the molecule is Cc1cccc(N(C2CCN(S(=O)(=O)c3ccc4nc(C)oc4c3)CC2)S(=O)(=O)c2ccccc2Cl)n1. The zero-order chi connectivity index (χ0) is 26.4. The van der Waals surface area contributed by atoms with Gasteiger partial charge in [0.15, 0.2) is 11.5 Å². The van der Waals surface area contributed by atoms with Gasteiger partial charge in [-0.2, -0.15) is 4.31 Å². The minimum absolute atomic E-state index is 0.0225. The molecule has 0 saturated carbocycles. The number of hydrogen-bond donors (Lipinski definition) is 0. The van der Waals surface area contributed by atoms with Crippen LogP contribution in [-0.2, 0) is 20.0 Å². The number of aryl methyl sites for hydroxylation is 2. The molecule has 9 nitrogen and oxygen atoms in total. The summed E-state index contributed by atoms with van der Waals surface area (Å²) in [5, 5.41) is 0.109. The van der Waals surface area contributed by atoms with Crippen molar-refractivity contribution in [3.05, 3.63) is 77.3 Å². The van der Waals surface area contributed by atoms with Gasteiger partial charge >= 0.3 is 0 Å². The molecule has 2 aromatic carbocycles. The van der Waals surface area contributed by atoms with E-state index in [2.05, 4.69) is 9.97 Å². The van der Waals surface area contributed by atoms with Crippen molar-refractivity contribution in [2.45, 2.75) is 42.5 Å². The summed E-state index contributed by atoms with van der Waals surface area (Å²) in [5.74, 6) is 0.724. The molecule has 3 heterocycles. The third-order valence-electron chi connectivity index (χ3n) is 6.33. The van der Waals surface area contributed by atoms with Crippen molar-refractivity contribution in [3.63, 3.8) is 0 Å². The van der Waals surface area contributed by atoms with Crippen LogP contribution >= 0.6 is 11.6 Å². The first-order chi connectivity index (χ1) is 17.6. The highest BCUT2D eigenvalue weighted by molar-refractivity contribution is 7.93. The molecule has 0 bridgehead atoms. The summed E-state index contributed by atoms with van der Waals surface area (Å²) in [6, 6.07) is 15.5. The van der Waals surface area contributed by atoms with Crippen molar-refractivity contribution in [1.29, 1.82) is 0 Å². The van der Waals surface area contributed by atoms with Crippen LogP contribution in [0.1, 0.15) is 24.4 Å². The zero-order valence-electron chi connectivity index (χ0n) is 20.2. The van der Waals surface area contributed by atoms with Crippen LogP contribution in [0, 0.1) is 13.8 Å². The summed E-state index contributed by atoms with van der Waals surface area (Å²) in [7, 11) is -7.89. The minimum atomic E-state index is -4.08. The van der Waals surface area contributed by atoms with Gasteiger partial charge in [-0.15, -0.1) is 0 Å². The molecule has 2 aromatic heterocycles. The molecule has 1 saturated heterocycles. The van der Waals surface area contributed by atoms with Crippen LogP contribution in [0.3, 0.4) is 0 Å². The summed E-state index contributed by atoms with van der Waals surface area (Å²) in [6.45, 7) is 3.76. The van der Waals surface area contributed by atoms with Gasteiger partial charge in [-0.05, 0) is 56.2 Å². The molecule has 0 amide bonds. The molecule has 5 rings (SSSR count). The molecule has 37 heavy (non-hydrogen) atoms. The first-order valence-corrected chi connectivity index (χ1v) is 14.9. The van der Waals surface area contributed by atoms with E-state index in [-0.39, 0.29) is 46.6 Å². The molecule has 0 spiro atoms. The lowest BCUT2D eigenvalue weighted by Crippen LogP contribution is -2.49. The molecular formula is C25H25ClN4O5S2. The number of rotatable bonds is 6. The van der Waals surface area contributed by atoms with E-state index in [4.69, 9.17) is 16.0 Å². The fraction of sp³-hybridized carbons (Fsp3) is 0.280. The maximum Gasteiger partial charge on any atom is 0.267 e. The van der Waals surface area contributed by atoms with Crippen molar-refractivity contribution in [2.24, 2.45) is 0 Å². The van der Waals surface area contributed by atoms with Gasteiger partial charge < -0.3 is 4.42 Å². The molecule has 194 valence electrons. The van der Waals surface area contributed by atoms with Gasteiger partial charge in [0.05, 0.1) is 9.92 Å².